The molecule has 0 bridgehead atoms. The van der Waals surface area contributed by atoms with Gasteiger partial charge in [-0.05, 0) is 0 Å². The van der Waals surface area contributed by atoms with Crippen LogP contribution in [0.3, 0.4) is 0 Å². The molecule has 0 amide bonds. The molecule has 1 aromatic rings. The van der Waals surface area contributed by atoms with Gasteiger partial charge in [-0.15, -0.1) is 0 Å². The number of halogens is 5. The minimum atomic E-state index is 0.0804. The topological polar surface area (TPSA) is 32.3 Å². The third-order valence-corrected chi connectivity index (χ3v) is 3.93. The van der Waals surface area contributed by atoms with Crippen LogP contribution in [0.25, 0.3) is 0 Å². The summed E-state index contributed by atoms with van der Waals surface area (Å²) in [6.07, 6.45) is 0. The summed E-state index contributed by atoms with van der Waals surface area (Å²) < 4.78 is 11.0. The molecule has 0 unspecified atom stereocenters. The molecule has 1 aromatic carbocycles. The molecule has 0 saturated heterocycles. The number of benzene rings is 1. The van der Waals surface area contributed by atoms with E-state index in [0.29, 0.717) is 12.2 Å². The molecule has 0 aliphatic heterocycles. The number of nitrogens with one attached hydrogen (secondary N) is 1. The van der Waals surface area contributed by atoms with Crippen LogP contribution in [0.1, 0.15) is 0 Å². The quantitative estimate of drug-likeness (QED) is 0.328. The van der Waals surface area contributed by atoms with Crippen molar-refractivity contribution in [2.45, 2.75) is 0 Å². The summed E-state index contributed by atoms with van der Waals surface area (Å²) in [7, 11) is 0. The van der Waals surface area contributed by atoms with E-state index in [9.17, 15) is 0 Å². The highest BCUT2D eigenvalue weighted by Gasteiger charge is 2.18. The van der Waals surface area contributed by atoms with E-state index in [1.807, 2.05) is 0 Å². The van der Waals surface area contributed by atoms with Crippen LogP contribution in [-0.2, 0) is 0 Å². The Labute approximate surface area is 110 Å². The van der Waals surface area contributed by atoms with Crippen LogP contribution in [0.2, 0.25) is 25.1 Å². The maximum Gasteiger partial charge on any atom is 0.108 e. The normalized spacial score (nSPS) is 10.4. The van der Waals surface area contributed by atoms with Crippen LogP contribution in [-0.4, -0.2) is 4.55 Å². The summed E-state index contributed by atoms with van der Waals surface area (Å²) in [5, 5.41) is 0.454. The van der Waals surface area contributed by atoms with Crippen LogP contribution < -0.4 is 4.72 Å². The van der Waals surface area contributed by atoms with Gasteiger partial charge in [0, 0.05) is 0 Å². The minimum Gasteiger partial charge on any atom is -0.312 e. The molecule has 0 saturated carbocycles. The summed E-state index contributed by atoms with van der Waals surface area (Å²) in [5.41, 5.74) is 0.222. The Hall–Kier alpha value is 0.780. The Morgan fingerprint density at radius 2 is 1.14 bits per heavy atom. The van der Waals surface area contributed by atoms with E-state index in [4.69, 9.17) is 62.6 Å². The molecule has 2 N–H and O–H groups in total. The Morgan fingerprint density at radius 1 is 0.786 bits per heavy atom. The SMILES string of the molecule is OSNc1c(Cl)c(Cl)c(Cl)c(Cl)c1Cl. The van der Waals surface area contributed by atoms with Crippen LogP contribution >= 0.6 is 70.2 Å². The van der Waals surface area contributed by atoms with Crippen molar-refractivity contribution in [3.63, 3.8) is 0 Å². The average molecular weight is 313 g/mol. The molecule has 1 rings (SSSR count). The lowest BCUT2D eigenvalue weighted by Crippen LogP contribution is -1.90. The monoisotopic (exact) mass is 311 g/mol. The zero-order chi connectivity index (χ0) is 10.9. The van der Waals surface area contributed by atoms with Crippen molar-refractivity contribution in [1.82, 2.24) is 0 Å². The van der Waals surface area contributed by atoms with Gasteiger partial charge in [0.15, 0.2) is 0 Å². The lowest BCUT2D eigenvalue weighted by atomic mass is 10.3. The number of hydrogen-bond donors (Lipinski definition) is 2. The van der Waals surface area contributed by atoms with Crippen molar-refractivity contribution in [1.29, 1.82) is 0 Å². The predicted molar refractivity (Wildman–Crippen MR) is 65.3 cm³/mol. The lowest BCUT2D eigenvalue weighted by molar-refractivity contribution is 0.668. The molecular formula is C6H2Cl5NOS. The van der Waals surface area contributed by atoms with E-state index < -0.39 is 0 Å². The number of rotatable bonds is 2. The van der Waals surface area contributed by atoms with Crippen molar-refractivity contribution in [3.05, 3.63) is 25.1 Å². The second-order valence-corrected chi connectivity index (χ2v) is 4.41. The highest BCUT2D eigenvalue weighted by molar-refractivity contribution is 7.95. The molecular weight excluding hydrogens is 311 g/mol. The summed E-state index contributed by atoms with van der Waals surface area (Å²) in [4.78, 5) is 0. The summed E-state index contributed by atoms with van der Waals surface area (Å²) in [5.74, 6) is 0. The third-order valence-electron chi connectivity index (χ3n) is 1.36. The number of anilines is 1. The Bertz CT molecular complexity index is 343. The van der Waals surface area contributed by atoms with Crippen LogP contribution in [0.5, 0.6) is 0 Å². The fraction of sp³-hybridized carbons (Fsp3) is 0. The van der Waals surface area contributed by atoms with Crippen molar-refractivity contribution in [3.8, 4) is 0 Å². The van der Waals surface area contributed by atoms with Gasteiger partial charge in [0.1, 0.15) is 12.2 Å². The maximum atomic E-state index is 8.59. The lowest BCUT2D eigenvalue weighted by Gasteiger charge is -2.11. The van der Waals surface area contributed by atoms with Crippen LogP contribution in [0.4, 0.5) is 5.69 Å². The van der Waals surface area contributed by atoms with Crippen molar-refractivity contribution >= 4 is 75.9 Å². The fourth-order valence-corrected chi connectivity index (χ4v) is 2.38. The van der Waals surface area contributed by atoms with Gasteiger partial charge in [0.25, 0.3) is 0 Å². The first-order chi connectivity index (χ1) is 6.50. The van der Waals surface area contributed by atoms with E-state index in [1.165, 1.54) is 0 Å². The zero-order valence-electron chi connectivity index (χ0n) is 6.25. The molecule has 2 nitrogen and oxygen atoms in total. The first-order valence-electron chi connectivity index (χ1n) is 3.08. The van der Waals surface area contributed by atoms with Crippen LogP contribution in [0.15, 0.2) is 0 Å². The van der Waals surface area contributed by atoms with Crippen molar-refractivity contribution in [2.24, 2.45) is 0 Å². The highest BCUT2D eigenvalue weighted by Crippen LogP contribution is 2.47. The van der Waals surface area contributed by atoms with E-state index in [2.05, 4.69) is 4.72 Å². The molecule has 14 heavy (non-hydrogen) atoms. The van der Waals surface area contributed by atoms with Gasteiger partial charge >= 0.3 is 0 Å². The van der Waals surface area contributed by atoms with Gasteiger partial charge in [-0.1, -0.05) is 58.0 Å². The van der Waals surface area contributed by atoms with Gasteiger partial charge in [-0.2, -0.15) is 0 Å². The van der Waals surface area contributed by atoms with E-state index in [-0.39, 0.29) is 30.8 Å². The van der Waals surface area contributed by atoms with Gasteiger partial charge < -0.3 is 9.27 Å². The Balaban J connectivity index is 3.43. The highest BCUT2D eigenvalue weighted by atomic mass is 35.5. The van der Waals surface area contributed by atoms with Gasteiger partial charge in [0.2, 0.25) is 0 Å². The molecule has 78 valence electrons. The molecule has 0 aromatic heterocycles. The Morgan fingerprint density at radius 3 is 1.50 bits per heavy atom. The molecule has 0 aliphatic carbocycles. The van der Waals surface area contributed by atoms with Gasteiger partial charge in [-0.25, -0.2) is 0 Å². The molecule has 0 atom stereocenters. The summed E-state index contributed by atoms with van der Waals surface area (Å²) in [6.45, 7) is 0. The molecule has 0 spiro atoms. The summed E-state index contributed by atoms with van der Waals surface area (Å²) in [6, 6.07) is 0. The molecule has 0 fully saturated rings. The molecule has 0 heterocycles. The Kier molecular flexibility index (Phi) is 4.78. The standard InChI is InChI=1S/C6H2Cl5NOS/c7-1-2(8)4(10)6(12-14-13)5(11)3(1)9/h12-13H. The smallest absolute Gasteiger partial charge is 0.108 e. The molecule has 0 radical (unpaired) electrons. The third kappa shape index (κ3) is 2.30. The van der Waals surface area contributed by atoms with Crippen LogP contribution in [0, 0.1) is 0 Å². The first-order valence-corrected chi connectivity index (χ1v) is 5.74. The van der Waals surface area contributed by atoms with Gasteiger partial charge in [0.05, 0.1) is 30.8 Å². The van der Waals surface area contributed by atoms with E-state index >= 15 is 0 Å². The second kappa shape index (κ2) is 5.21. The van der Waals surface area contributed by atoms with E-state index in [0.717, 1.165) is 0 Å². The van der Waals surface area contributed by atoms with Crippen molar-refractivity contribution in [2.75, 3.05) is 4.72 Å². The predicted octanol–water partition coefficient (Wildman–Crippen LogP) is 5.49. The maximum absolute atomic E-state index is 8.59. The van der Waals surface area contributed by atoms with E-state index in [1.54, 1.807) is 0 Å². The first kappa shape index (κ1) is 12.8. The summed E-state index contributed by atoms with van der Waals surface area (Å²) >= 11 is 29.2. The molecule has 0 aliphatic rings. The average Bonchev–Trinajstić information content (AvgIpc) is 2.19. The van der Waals surface area contributed by atoms with Gasteiger partial charge in [-0.3, -0.25) is 0 Å². The zero-order valence-corrected chi connectivity index (χ0v) is 10.8. The fourth-order valence-electron chi connectivity index (χ4n) is 0.740. The second-order valence-electron chi connectivity index (χ2n) is 2.14. The largest absolute Gasteiger partial charge is 0.312 e. The molecule has 8 heteroatoms. The number of hydrogen-bond acceptors (Lipinski definition) is 3. The van der Waals surface area contributed by atoms with Crippen molar-refractivity contribution < 1.29 is 4.55 Å². The minimum absolute atomic E-state index is 0.0804.